The summed E-state index contributed by atoms with van der Waals surface area (Å²) in [5.74, 6) is -0.916. The van der Waals surface area contributed by atoms with Crippen molar-refractivity contribution in [1.82, 2.24) is 5.32 Å². The van der Waals surface area contributed by atoms with Gasteiger partial charge in [-0.2, -0.15) is 0 Å². The van der Waals surface area contributed by atoms with Gasteiger partial charge in [-0.25, -0.2) is 0 Å². The molecule has 25 heavy (non-hydrogen) atoms. The zero-order valence-corrected chi connectivity index (χ0v) is 15.2. The van der Waals surface area contributed by atoms with Gasteiger partial charge in [0.1, 0.15) is 6.61 Å². The zero-order valence-electron chi connectivity index (χ0n) is 15.2. The van der Waals surface area contributed by atoms with Crippen LogP contribution in [0.3, 0.4) is 0 Å². The lowest BCUT2D eigenvalue weighted by atomic mass is 10.1. The molecular formula is C18H26N2O5. The number of hydrogen-bond donors (Lipinski definition) is 2. The number of nitrogens with one attached hydrogen (secondary N) is 2. The Balaban J connectivity index is 2.43. The highest BCUT2D eigenvalue weighted by molar-refractivity contribution is 5.96. The third kappa shape index (κ3) is 8.85. The van der Waals surface area contributed by atoms with Crippen LogP contribution in [0.25, 0.3) is 0 Å². The van der Waals surface area contributed by atoms with Crippen LogP contribution in [-0.2, 0) is 19.1 Å². The van der Waals surface area contributed by atoms with Crippen LogP contribution in [0.15, 0.2) is 24.3 Å². The van der Waals surface area contributed by atoms with Crippen LogP contribution in [0.2, 0.25) is 0 Å². The molecule has 1 aromatic rings. The van der Waals surface area contributed by atoms with Crippen LogP contribution >= 0.6 is 0 Å². The first kappa shape index (κ1) is 20.6. The molecule has 0 aliphatic heterocycles. The zero-order chi connectivity index (χ0) is 18.9. The predicted molar refractivity (Wildman–Crippen MR) is 94.4 cm³/mol. The smallest absolute Gasteiger partial charge is 0.306 e. The number of carbonyl (C=O) groups is 3. The molecule has 2 N–H and O–H groups in total. The molecule has 0 spiro atoms. The maximum Gasteiger partial charge on any atom is 0.306 e. The van der Waals surface area contributed by atoms with Crippen LogP contribution in [0.4, 0.5) is 5.69 Å². The summed E-state index contributed by atoms with van der Waals surface area (Å²) in [6.07, 6.45) is 0.0275. The quantitative estimate of drug-likeness (QED) is 0.553. The van der Waals surface area contributed by atoms with Crippen molar-refractivity contribution in [3.8, 4) is 0 Å². The average Bonchev–Trinajstić information content (AvgIpc) is 2.52. The molecule has 0 saturated heterocycles. The lowest BCUT2D eigenvalue weighted by molar-refractivity contribution is -0.145. The molecule has 0 aliphatic carbocycles. The molecule has 7 heteroatoms. The fourth-order valence-electron chi connectivity index (χ4n) is 1.87. The fourth-order valence-corrected chi connectivity index (χ4v) is 1.87. The van der Waals surface area contributed by atoms with Crippen molar-refractivity contribution in [2.24, 2.45) is 0 Å². The van der Waals surface area contributed by atoms with Gasteiger partial charge in [-0.1, -0.05) is 0 Å². The lowest BCUT2D eigenvalue weighted by Gasteiger charge is -2.20. The number of hydrogen-bond acceptors (Lipinski definition) is 5. The van der Waals surface area contributed by atoms with Crippen LogP contribution in [0.1, 0.15) is 44.0 Å². The first-order chi connectivity index (χ1) is 11.7. The van der Waals surface area contributed by atoms with E-state index in [0.717, 1.165) is 0 Å². The molecule has 0 aromatic heterocycles. The standard InChI is InChI=1S/C18H26N2O5/c1-18(2,3)20-17(23)13-5-7-14(8-6-13)19-15(21)9-10-16(22)25-12-11-24-4/h5-8H,9-12H2,1-4H3,(H,19,21)(H,20,23). The molecule has 0 bridgehead atoms. The first-order valence-electron chi connectivity index (χ1n) is 8.08. The number of benzene rings is 1. The van der Waals surface area contributed by atoms with Crippen molar-refractivity contribution in [2.45, 2.75) is 39.2 Å². The summed E-state index contributed by atoms with van der Waals surface area (Å²) in [4.78, 5) is 35.3. The molecule has 138 valence electrons. The van der Waals surface area contributed by atoms with Gasteiger partial charge in [-0.3, -0.25) is 14.4 Å². The maximum absolute atomic E-state index is 12.0. The molecule has 0 fully saturated rings. The highest BCUT2D eigenvalue weighted by atomic mass is 16.6. The average molecular weight is 350 g/mol. The molecule has 0 aliphatic rings. The van der Waals surface area contributed by atoms with Crippen molar-refractivity contribution in [1.29, 1.82) is 0 Å². The van der Waals surface area contributed by atoms with Gasteiger partial charge in [0.05, 0.1) is 13.0 Å². The molecular weight excluding hydrogens is 324 g/mol. The second-order valence-electron chi connectivity index (χ2n) is 6.54. The number of carbonyl (C=O) groups excluding carboxylic acids is 3. The summed E-state index contributed by atoms with van der Waals surface area (Å²) in [7, 11) is 1.51. The van der Waals surface area contributed by atoms with E-state index in [0.29, 0.717) is 17.9 Å². The van der Waals surface area contributed by atoms with Gasteiger partial charge < -0.3 is 20.1 Å². The minimum absolute atomic E-state index is 0.00161. The van der Waals surface area contributed by atoms with E-state index in [1.54, 1.807) is 24.3 Å². The Morgan fingerprint density at radius 2 is 1.64 bits per heavy atom. The number of ether oxygens (including phenoxy) is 2. The molecule has 0 unspecified atom stereocenters. The van der Waals surface area contributed by atoms with Gasteiger partial charge in [0.25, 0.3) is 5.91 Å². The van der Waals surface area contributed by atoms with Crippen LogP contribution in [0.5, 0.6) is 0 Å². The van der Waals surface area contributed by atoms with Crippen LogP contribution in [0, 0.1) is 0 Å². The molecule has 0 saturated carbocycles. The second-order valence-corrected chi connectivity index (χ2v) is 6.54. The van der Waals surface area contributed by atoms with Gasteiger partial charge in [0.15, 0.2) is 0 Å². The number of rotatable bonds is 8. The van der Waals surface area contributed by atoms with Gasteiger partial charge in [0, 0.05) is 30.3 Å². The highest BCUT2D eigenvalue weighted by Gasteiger charge is 2.15. The van der Waals surface area contributed by atoms with Crippen LogP contribution in [-0.4, -0.2) is 43.6 Å². The molecule has 1 aromatic carbocycles. The number of anilines is 1. The predicted octanol–water partition coefficient (Wildman–Crippen LogP) is 2.12. The molecule has 0 radical (unpaired) electrons. The van der Waals surface area contributed by atoms with Gasteiger partial charge in [-0.15, -0.1) is 0 Å². The second kappa shape index (κ2) is 9.78. The lowest BCUT2D eigenvalue weighted by Crippen LogP contribution is -2.40. The maximum atomic E-state index is 12.0. The van der Waals surface area contributed by atoms with Crippen molar-refractivity contribution in [3.05, 3.63) is 29.8 Å². The van der Waals surface area contributed by atoms with Crippen molar-refractivity contribution in [2.75, 3.05) is 25.6 Å². The largest absolute Gasteiger partial charge is 0.463 e. The summed E-state index contributed by atoms with van der Waals surface area (Å²) in [5.41, 5.74) is 0.752. The summed E-state index contributed by atoms with van der Waals surface area (Å²) in [5, 5.41) is 5.54. The van der Waals surface area contributed by atoms with Gasteiger partial charge >= 0.3 is 5.97 Å². The molecule has 2 amide bonds. The minimum atomic E-state index is -0.443. The van der Waals surface area contributed by atoms with E-state index in [9.17, 15) is 14.4 Å². The molecule has 7 nitrogen and oxygen atoms in total. The van der Waals surface area contributed by atoms with Gasteiger partial charge in [0.2, 0.25) is 5.91 Å². The molecule has 0 atom stereocenters. The highest BCUT2D eigenvalue weighted by Crippen LogP contribution is 2.11. The number of methoxy groups -OCH3 is 1. The Bertz CT molecular complexity index is 590. The third-order valence-electron chi connectivity index (χ3n) is 3.03. The van der Waals surface area contributed by atoms with E-state index in [4.69, 9.17) is 9.47 Å². The molecule has 1 rings (SSSR count). The number of amides is 2. The van der Waals surface area contributed by atoms with Crippen molar-refractivity contribution >= 4 is 23.5 Å². The monoisotopic (exact) mass is 350 g/mol. The van der Waals surface area contributed by atoms with E-state index >= 15 is 0 Å². The summed E-state index contributed by atoms with van der Waals surface area (Å²) in [6.45, 7) is 6.21. The summed E-state index contributed by atoms with van der Waals surface area (Å²) >= 11 is 0. The Morgan fingerprint density at radius 1 is 1.00 bits per heavy atom. The van der Waals surface area contributed by atoms with Crippen LogP contribution < -0.4 is 10.6 Å². The Hall–Kier alpha value is -2.41. The van der Waals surface area contributed by atoms with E-state index in [1.807, 2.05) is 20.8 Å². The summed E-state index contributed by atoms with van der Waals surface area (Å²) in [6, 6.07) is 6.56. The normalized spacial score (nSPS) is 10.9. The molecule has 0 heterocycles. The van der Waals surface area contributed by atoms with Gasteiger partial charge in [-0.05, 0) is 45.0 Å². The van der Waals surface area contributed by atoms with E-state index < -0.39 is 5.97 Å². The Morgan fingerprint density at radius 3 is 2.20 bits per heavy atom. The van der Waals surface area contributed by atoms with E-state index in [-0.39, 0.29) is 36.8 Å². The minimum Gasteiger partial charge on any atom is -0.463 e. The third-order valence-corrected chi connectivity index (χ3v) is 3.03. The topological polar surface area (TPSA) is 93.7 Å². The summed E-state index contributed by atoms with van der Waals surface area (Å²) < 4.78 is 9.64. The van der Waals surface area contributed by atoms with E-state index in [1.165, 1.54) is 7.11 Å². The Labute approximate surface area is 148 Å². The van der Waals surface area contributed by atoms with E-state index in [2.05, 4.69) is 10.6 Å². The van der Waals surface area contributed by atoms with Crippen molar-refractivity contribution < 1.29 is 23.9 Å². The first-order valence-corrected chi connectivity index (χ1v) is 8.08. The Kier molecular flexibility index (Phi) is 8.07. The number of esters is 1. The SMILES string of the molecule is COCCOC(=O)CCC(=O)Nc1ccc(C(=O)NC(C)(C)C)cc1. The van der Waals surface area contributed by atoms with Crippen molar-refractivity contribution in [3.63, 3.8) is 0 Å². The fraction of sp³-hybridized carbons (Fsp3) is 0.500.